The van der Waals surface area contributed by atoms with E-state index in [9.17, 15) is 23.1 Å². The minimum absolute atomic E-state index is 0.0130. The third kappa shape index (κ3) is 3.45. The molecular weight excluding hydrogens is 379 g/mol. The number of pyridine rings is 1. The van der Waals surface area contributed by atoms with Gasteiger partial charge in [0.05, 0.1) is 11.1 Å². The van der Waals surface area contributed by atoms with Gasteiger partial charge in [0.2, 0.25) is 0 Å². The minimum Gasteiger partial charge on any atom is -0.508 e. The van der Waals surface area contributed by atoms with Crippen LogP contribution in [0.5, 0.6) is 5.75 Å². The monoisotopic (exact) mass is 393 g/mol. The Labute approximate surface area is 164 Å². The molecule has 0 aliphatic rings. The van der Waals surface area contributed by atoms with Gasteiger partial charge >= 0.3 is 6.18 Å². The molecule has 1 heterocycles. The standard InChI is InChI=1S/C23H14F3NO2/c24-23(25,26)19-8-4-7-17-20(14-9-11-16(28)12-10-14)18(13-27-21(17)19)22(29)15-5-2-1-3-6-15/h1-13,28H. The molecule has 0 aliphatic carbocycles. The lowest BCUT2D eigenvalue weighted by Crippen LogP contribution is -2.09. The molecule has 29 heavy (non-hydrogen) atoms. The average molecular weight is 393 g/mol. The van der Waals surface area contributed by atoms with E-state index in [0.29, 0.717) is 16.7 Å². The predicted octanol–water partition coefficient (Wildman–Crippen LogP) is 5.86. The lowest BCUT2D eigenvalue weighted by Gasteiger charge is -2.16. The van der Waals surface area contributed by atoms with Gasteiger partial charge in [-0.3, -0.25) is 9.78 Å². The number of para-hydroxylation sites is 1. The van der Waals surface area contributed by atoms with Crippen LogP contribution < -0.4 is 0 Å². The first-order chi connectivity index (χ1) is 13.9. The lowest BCUT2D eigenvalue weighted by molar-refractivity contribution is -0.136. The Bertz CT molecular complexity index is 1200. The van der Waals surface area contributed by atoms with Crippen molar-refractivity contribution in [3.8, 4) is 16.9 Å². The van der Waals surface area contributed by atoms with E-state index in [1.165, 1.54) is 30.5 Å². The minimum atomic E-state index is -4.58. The normalized spacial score (nSPS) is 11.6. The third-order valence-electron chi connectivity index (χ3n) is 4.64. The van der Waals surface area contributed by atoms with Crippen molar-refractivity contribution in [1.82, 2.24) is 4.98 Å². The zero-order valence-corrected chi connectivity index (χ0v) is 14.9. The SMILES string of the molecule is O=C(c1ccccc1)c1cnc2c(C(F)(F)F)cccc2c1-c1ccc(O)cc1. The lowest BCUT2D eigenvalue weighted by atomic mass is 9.91. The highest BCUT2D eigenvalue weighted by Gasteiger charge is 2.34. The van der Waals surface area contributed by atoms with E-state index < -0.39 is 11.7 Å². The number of rotatable bonds is 3. The molecule has 0 spiro atoms. The highest BCUT2D eigenvalue weighted by molar-refractivity contribution is 6.16. The van der Waals surface area contributed by atoms with Crippen LogP contribution in [-0.2, 0) is 6.18 Å². The number of benzene rings is 3. The van der Waals surface area contributed by atoms with Gasteiger partial charge in [-0.15, -0.1) is 0 Å². The summed E-state index contributed by atoms with van der Waals surface area (Å²) in [4.78, 5) is 17.1. The van der Waals surface area contributed by atoms with E-state index in [-0.39, 0.29) is 28.0 Å². The van der Waals surface area contributed by atoms with Crippen molar-refractivity contribution in [1.29, 1.82) is 0 Å². The fourth-order valence-corrected chi connectivity index (χ4v) is 3.31. The molecule has 0 aliphatic heterocycles. The van der Waals surface area contributed by atoms with Crippen LogP contribution >= 0.6 is 0 Å². The van der Waals surface area contributed by atoms with Gasteiger partial charge < -0.3 is 5.11 Å². The van der Waals surface area contributed by atoms with Crippen LogP contribution in [0.1, 0.15) is 21.5 Å². The Kier molecular flexibility index (Phi) is 4.54. The fourth-order valence-electron chi connectivity index (χ4n) is 3.31. The number of phenols is 1. The molecule has 6 heteroatoms. The molecule has 0 amide bonds. The van der Waals surface area contributed by atoms with Crippen molar-refractivity contribution in [3.05, 3.63) is 95.7 Å². The van der Waals surface area contributed by atoms with Gasteiger partial charge in [-0.25, -0.2) is 0 Å². The van der Waals surface area contributed by atoms with Crippen LogP contribution in [-0.4, -0.2) is 15.9 Å². The first-order valence-electron chi connectivity index (χ1n) is 8.74. The molecule has 0 radical (unpaired) electrons. The number of nitrogens with zero attached hydrogens (tertiary/aromatic N) is 1. The molecule has 3 nitrogen and oxygen atoms in total. The molecular formula is C23H14F3NO2. The van der Waals surface area contributed by atoms with E-state index in [2.05, 4.69) is 4.98 Å². The Morgan fingerprint density at radius 1 is 0.862 bits per heavy atom. The molecule has 0 unspecified atom stereocenters. The molecule has 0 bridgehead atoms. The number of aromatic hydroxyl groups is 1. The molecule has 4 aromatic rings. The molecule has 144 valence electrons. The van der Waals surface area contributed by atoms with Gasteiger partial charge in [0.25, 0.3) is 0 Å². The number of alkyl halides is 3. The summed E-state index contributed by atoms with van der Waals surface area (Å²) in [6, 6.07) is 18.2. The van der Waals surface area contributed by atoms with Crippen molar-refractivity contribution < 1.29 is 23.1 Å². The highest BCUT2D eigenvalue weighted by atomic mass is 19.4. The van der Waals surface area contributed by atoms with Crippen molar-refractivity contribution in [2.75, 3.05) is 0 Å². The molecule has 3 aromatic carbocycles. The molecule has 0 saturated heterocycles. The van der Waals surface area contributed by atoms with E-state index in [1.54, 1.807) is 42.5 Å². The molecule has 1 aromatic heterocycles. The maximum absolute atomic E-state index is 13.5. The number of fused-ring (bicyclic) bond motifs is 1. The van der Waals surface area contributed by atoms with Gasteiger partial charge in [-0.05, 0) is 23.8 Å². The Morgan fingerprint density at radius 2 is 1.55 bits per heavy atom. The summed E-state index contributed by atoms with van der Waals surface area (Å²) < 4.78 is 40.5. The molecule has 0 fully saturated rings. The van der Waals surface area contributed by atoms with Crippen LogP contribution in [0.2, 0.25) is 0 Å². The number of halogens is 3. The summed E-state index contributed by atoms with van der Waals surface area (Å²) in [6.07, 6.45) is -3.39. The summed E-state index contributed by atoms with van der Waals surface area (Å²) in [5, 5.41) is 9.81. The summed E-state index contributed by atoms with van der Waals surface area (Å²) >= 11 is 0. The van der Waals surface area contributed by atoms with Crippen molar-refractivity contribution in [2.45, 2.75) is 6.18 Å². The Morgan fingerprint density at radius 3 is 2.21 bits per heavy atom. The summed E-state index contributed by atoms with van der Waals surface area (Å²) in [5.41, 5.74) is 0.347. The van der Waals surface area contributed by atoms with E-state index >= 15 is 0 Å². The first kappa shape index (κ1) is 18.7. The number of hydrogen-bond acceptors (Lipinski definition) is 3. The maximum Gasteiger partial charge on any atom is 0.418 e. The number of ketones is 1. The van der Waals surface area contributed by atoms with Crippen LogP contribution in [0.4, 0.5) is 13.2 Å². The number of phenolic OH excluding ortho intramolecular Hbond substituents is 1. The van der Waals surface area contributed by atoms with E-state index in [1.807, 2.05) is 0 Å². The van der Waals surface area contributed by atoms with Crippen LogP contribution in [0.25, 0.3) is 22.0 Å². The zero-order chi connectivity index (χ0) is 20.6. The topological polar surface area (TPSA) is 50.2 Å². The largest absolute Gasteiger partial charge is 0.508 e. The maximum atomic E-state index is 13.5. The molecule has 1 N–H and O–H groups in total. The fraction of sp³-hybridized carbons (Fsp3) is 0.0435. The summed E-state index contributed by atoms with van der Waals surface area (Å²) in [6.45, 7) is 0. The van der Waals surface area contributed by atoms with Gasteiger partial charge in [0.15, 0.2) is 5.78 Å². The first-order valence-corrected chi connectivity index (χ1v) is 8.74. The van der Waals surface area contributed by atoms with Gasteiger partial charge in [-0.1, -0.05) is 54.6 Å². The predicted molar refractivity (Wildman–Crippen MR) is 104 cm³/mol. The molecule has 4 rings (SSSR count). The van der Waals surface area contributed by atoms with Gasteiger partial charge in [0.1, 0.15) is 5.75 Å². The van der Waals surface area contributed by atoms with Crippen molar-refractivity contribution in [2.24, 2.45) is 0 Å². The second kappa shape index (κ2) is 7.05. The van der Waals surface area contributed by atoms with Crippen molar-refractivity contribution >= 4 is 16.7 Å². The molecule has 0 atom stereocenters. The van der Waals surface area contributed by atoms with Gasteiger partial charge in [-0.2, -0.15) is 13.2 Å². The van der Waals surface area contributed by atoms with Crippen molar-refractivity contribution in [3.63, 3.8) is 0 Å². The second-order valence-corrected chi connectivity index (χ2v) is 6.49. The number of aromatic nitrogens is 1. The number of hydrogen-bond donors (Lipinski definition) is 1. The van der Waals surface area contributed by atoms with Crippen LogP contribution in [0.15, 0.2) is 79.0 Å². The summed E-state index contributed by atoms with van der Waals surface area (Å²) in [7, 11) is 0. The van der Waals surface area contributed by atoms with Gasteiger partial charge in [0, 0.05) is 28.3 Å². The number of carbonyl (C=O) groups excluding carboxylic acids is 1. The summed E-state index contributed by atoms with van der Waals surface area (Å²) in [5.74, 6) is -0.334. The Hall–Kier alpha value is -3.67. The van der Waals surface area contributed by atoms with E-state index in [0.717, 1.165) is 6.07 Å². The van der Waals surface area contributed by atoms with E-state index in [4.69, 9.17) is 0 Å². The second-order valence-electron chi connectivity index (χ2n) is 6.49. The third-order valence-corrected chi connectivity index (χ3v) is 4.64. The smallest absolute Gasteiger partial charge is 0.418 e. The Balaban J connectivity index is 2.05. The molecule has 0 saturated carbocycles. The van der Waals surface area contributed by atoms with Crippen LogP contribution in [0.3, 0.4) is 0 Å². The zero-order valence-electron chi connectivity index (χ0n) is 14.9. The number of carbonyl (C=O) groups is 1. The van der Waals surface area contributed by atoms with Crippen LogP contribution in [0, 0.1) is 0 Å². The quantitative estimate of drug-likeness (QED) is 0.444. The average Bonchev–Trinajstić information content (AvgIpc) is 2.72. The highest BCUT2D eigenvalue weighted by Crippen LogP contribution is 2.39.